The number of hydrogen-bond acceptors (Lipinski definition) is 4. The number of carbonyl (C=O) groups excluding carboxylic acids is 1. The van der Waals surface area contributed by atoms with Crippen LogP contribution in [0.1, 0.15) is 40.0 Å². The largest absolute Gasteiger partial charge is 0.459 e. The van der Waals surface area contributed by atoms with Crippen molar-refractivity contribution in [3.8, 4) is 0 Å². The van der Waals surface area contributed by atoms with Crippen molar-refractivity contribution in [2.75, 3.05) is 0 Å². The number of epoxide rings is 1. The van der Waals surface area contributed by atoms with Crippen molar-refractivity contribution in [2.45, 2.75) is 63.9 Å². The van der Waals surface area contributed by atoms with Gasteiger partial charge in [-0.05, 0) is 33.1 Å². The molecule has 0 unspecified atom stereocenters. The lowest BCUT2D eigenvalue weighted by atomic mass is 9.80. The molecular formula is C15H22O4. The third-order valence-electron chi connectivity index (χ3n) is 4.93. The molecule has 1 N–H and O–H groups in total. The second-order valence-corrected chi connectivity index (χ2v) is 6.48. The summed E-state index contributed by atoms with van der Waals surface area (Å²) in [5, 5.41) is 10.5. The molecule has 0 amide bonds. The van der Waals surface area contributed by atoms with Gasteiger partial charge < -0.3 is 14.6 Å². The Morgan fingerprint density at radius 3 is 2.95 bits per heavy atom. The molecule has 3 aliphatic rings. The van der Waals surface area contributed by atoms with Gasteiger partial charge in [0.2, 0.25) is 0 Å². The Balaban J connectivity index is 1.91. The SMILES string of the molecule is C/C1=C\CC[C@@]2(C)O[C@H]2[C@H]2OC(=O)[C@@H](C)[C@@H]2[C@@H](O)C1. The van der Waals surface area contributed by atoms with Gasteiger partial charge in [-0.25, -0.2) is 0 Å². The first-order valence-corrected chi connectivity index (χ1v) is 7.14. The second-order valence-electron chi connectivity index (χ2n) is 6.48. The van der Waals surface area contributed by atoms with Gasteiger partial charge in [0.25, 0.3) is 0 Å². The summed E-state index contributed by atoms with van der Waals surface area (Å²) in [7, 11) is 0. The number of aliphatic hydroxyl groups excluding tert-OH is 1. The third-order valence-corrected chi connectivity index (χ3v) is 4.93. The summed E-state index contributed by atoms with van der Waals surface area (Å²) in [4.78, 5) is 11.8. The maximum Gasteiger partial charge on any atom is 0.309 e. The van der Waals surface area contributed by atoms with Crippen molar-refractivity contribution in [3.05, 3.63) is 11.6 Å². The molecule has 0 aromatic rings. The lowest BCUT2D eigenvalue weighted by Crippen LogP contribution is -2.37. The maximum absolute atomic E-state index is 11.8. The van der Waals surface area contributed by atoms with Crippen molar-refractivity contribution in [1.82, 2.24) is 0 Å². The maximum atomic E-state index is 11.8. The monoisotopic (exact) mass is 266 g/mol. The summed E-state index contributed by atoms with van der Waals surface area (Å²) in [6, 6.07) is 0. The van der Waals surface area contributed by atoms with Crippen molar-refractivity contribution in [2.24, 2.45) is 11.8 Å². The fourth-order valence-corrected chi connectivity index (χ4v) is 3.60. The Hall–Kier alpha value is -0.870. The molecule has 0 aromatic carbocycles. The Labute approximate surface area is 113 Å². The van der Waals surface area contributed by atoms with Crippen LogP contribution >= 0.6 is 0 Å². The van der Waals surface area contributed by atoms with Crippen LogP contribution in [0.3, 0.4) is 0 Å². The predicted molar refractivity (Wildman–Crippen MR) is 69.4 cm³/mol. The van der Waals surface area contributed by atoms with Crippen LogP contribution in [-0.2, 0) is 14.3 Å². The van der Waals surface area contributed by atoms with Crippen LogP contribution in [0, 0.1) is 11.8 Å². The molecule has 2 saturated heterocycles. The van der Waals surface area contributed by atoms with Crippen LogP contribution in [0.5, 0.6) is 0 Å². The highest BCUT2D eigenvalue weighted by molar-refractivity contribution is 5.75. The molecule has 0 saturated carbocycles. The van der Waals surface area contributed by atoms with E-state index in [9.17, 15) is 9.90 Å². The number of allylic oxidation sites excluding steroid dienone is 1. The van der Waals surface area contributed by atoms with Gasteiger partial charge in [0.1, 0.15) is 12.2 Å². The van der Waals surface area contributed by atoms with Gasteiger partial charge in [0.05, 0.1) is 17.6 Å². The molecule has 19 heavy (non-hydrogen) atoms. The average Bonchev–Trinajstić information content (AvgIpc) is 2.89. The van der Waals surface area contributed by atoms with Crippen LogP contribution in [0.25, 0.3) is 0 Å². The van der Waals surface area contributed by atoms with E-state index in [1.165, 1.54) is 5.57 Å². The third kappa shape index (κ3) is 2.11. The van der Waals surface area contributed by atoms with Crippen LogP contribution < -0.4 is 0 Å². The minimum Gasteiger partial charge on any atom is -0.459 e. The summed E-state index contributed by atoms with van der Waals surface area (Å²) in [5.74, 6) is -0.603. The van der Waals surface area contributed by atoms with Crippen LogP contribution in [-0.4, -0.2) is 35.0 Å². The Morgan fingerprint density at radius 2 is 2.21 bits per heavy atom. The predicted octanol–water partition coefficient (Wildman–Crippen LogP) is 1.81. The fourth-order valence-electron chi connectivity index (χ4n) is 3.60. The number of esters is 1. The molecule has 2 fully saturated rings. The number of rotatable bonds is 0. The van der Waals surface area contributed by atoms with E-state index >= 15 is 0 Å². The van der Waals surface area contributed by atoms with E-state index in [0.717, 1.165) is 12.8 Å². The highest BCUT2D eigenvalue weighted by Crippen LogP contribution is 2.50. The molecule has 2 heterocycles. The summed E-state index contributed by atoms with van der Waals surface area (Å²) < 4.78 is 11.3. The molecule has 0 spiro atoms. The van der Waals surface area contributed by atoms with Gasteiger partial charge in [-0.1, -0.05) is 18.6 Å². The molecule has 106 valence electrons. The standard InChI is InChI=1S/C15H22O4/c1-8-5-4-6-15(3)13(19-15)12-11(10(16)7-8)9(2)14(17)18-12/h5,9-13,16H,4,6-7H2,1-3H3/b8-5+/t9-,10-,11+,12-,13-,15+/m0/s1. The van der Waals surface area contributed by atoms with Crippen LogP contribution in [0.15, 0.2) is 11.6 Å². The Bertz CT molecular complexity index is 430. The molecule has 0 bridgehead atoms. The molecule has 4 nitrogen and oxygen atoms in total. The zero-order valence-electron chi connectivity index (χ0n) is 11.8. The quantitative estimate of drug-likeness (QED) is 0.413. The summed E-state index contributed by atoms with van der Waals surface area (Å²) in [6.45, 7) is 5.96. The van der Waals surface area contributed by atoms with Gasteiger partial charge in [-0.2, -0.15) is 0 Å². The van der Waals surface area contributed by atoms with E-state index in [0.29, 0.717) is 6.42 Å². The average molecular weight is 266 g/mol. The molecule has 6 atom stereocenters. The molecule has 1 aliphatic carbocycles. The minimum atomic E-state index is -0.533. The van der Waals surface area contributed by atoms with Crippen LogP contribution in [0.4, 0.5) is 0 Å². The van der Waals surface area contributed by atoms with Crippen molar-refractivity contribution >= 4 is 5.97 Å². The number of aliphatic hydroxyl groups is 1. The molecule has 3 rings (SSSR count). The Morgan fingerprint density at radius 1 is 1.47 bits per heavy atom. The lowest BCUT2D eigenvalue weighted by Gasteiger charge is -2.25. The first-order chi connectivity index (χ1) is 8.92. The molecular weight excluding hydrogens is 244 g/mol. The second kappa shape index (κ2) is 4.32. The molecule has 2 aliphatic heterocycles. The first-order valence-electron chi connectivity index (χ1n) is 7.14. The van der Waals surface area contributed by atoms with Gasteiger partial charge in [0, 0.05) is 5.92 Å². The number of hydrogen-bond donors (Lipinski definition) is 1. The lowest BCUT2D eigenvalue weighted by molar-refractivity contribution is -0.144. The van der Waals surface area contributed by atoms with Gasteiger partial charge >= 0.3 is 5.97 Å². The summed E-state index contributed by atoms with van der Waals surface area (Å²) >= 11 is 0. The topological polar surface area (TPSA) is 59.1 Å². The first kappa shape index (κ1) is 13.1. The fraction of sp³-hybridized carbons (Fsp3) is 0.800. The van der Waals surface area contributed by atoms with E-state index in [4.69, 9.17) is 9.47 Å². The van der Waals surface area contributed by atoms with Crippen molar-refractivity contribution in [3.63, 3.8) is 0 Å². The zero-order valence-corrected chi connectivity index (χ0v) is 11.8. The molecule has 4 heteroatoms. The summed E-state index contributed by atoms with van der Waals surface area (Å²) in [5.41, 5.74) is 0.988. The van der Waals surface area contributed by atoms with Gasteiger partial charge in [-0.3, -0.25) is 4.79 Å². The normalized spacial score (nSPS) is 52.5. The minimum absolute atomic E-state index is 0.0483. The van der Waals surface area contributed by atoms with Gasteiger partial charge in [0.15, 0.2) is 0 Å². The Kier molecular flexibility index (Phi) is 2.98. The zero-order chi connectivity index (χ0) is 13.8. The van der Waals surface area contributed by atoms with E-state index in [-0.39, 0.29) is 35.6 Å². The van der Waals surface area contributed by atoms with E-state index in [2.05, 4.69) is 13.0 Å². The van der Waals surface area contributed by atoms with E-state index < -0.39 is 6.10 Å². The smallest absolute Gasteiger partial charge is 0.309 e. The molecule has 0 radical (unpaired) electrons. The van der Waals surface area contributed by atoms with Crippen molar-refractivity contribution < 1.29 is 19.4 Å². The van der Waals surface area contributed by atoms with E-state index in [1.807, 2.05) is 13.8 Å². The number of fused-ring (bicyclic) bond motifs is 3. The number of carbonyl (C=O) groups is 1. The highest BCUT2D eigenvalue weighted by atomic mass is 16.6. The highest BCUT2D eigenvalue weighted by Gasteiger charge is 2.63. The van der Waals surface area contributed by atoms with Crippen molar-refractivity contribution in [1.29, 1.82) is 0 Å². The molecule has 0 aromatic heterocycles. The summed E-state index contributed by atoms with van der Waals surface area (Å²) in [6.07, 6.45) is 3.82. The van der Waals surface area contributed by atoms with Crippen LogP contribution in [0.2, 0.25) is 0 Å². The number of ether oxygens (including phenoxy) is 2. The van der Waals surface area contributed by atoms with E-state index in [1.54, 1.807) is 0 Å². The van der Waals surface area contributed by atoms with Gasteiger partial charge in [-0.15, -0.1) is 0 Å².